The standard InChI is InChI=1S/C24H17F3N2O4/c1-32-19-10-7-13(11-20(19)33-2)21-22(28-14-8-9-15(25)17(27)12-14)24(31)29(23(21)30)18-6-4-3-5-16(18)26/h3-12,28H,1-2H3. The first-order valence-corrected chi connectivity index (χ1v) is 9.67. The normalized spacial score (nSPS) is 13.5. The second kappa shape index (κ2) is 8.70. The van der Waals surface area contributed by atoms with Gasteiger partial charge in [0.15, 0.2) is 23.1 Å². The molecule has 0 unspecified atom stereocenters. The van der Waals surface area contributed by atoms with E-state index in [0.29, 0.717) is 16.4 Å². The van der Waals surface area contributed by atoms with E-state index in [-0.39, 0.29) is 28.2 Å². The lowest BCUT2D eigenvalue weighted by atomic mass is 10.0. The van der Waals surface area contributed by atoms with Crippen LogP contribution in [0.1, 0.15) is 5.56 Å². The van der Waals surface area contributed by atoms with Crippen molar-refractivity contribution in [1.29, 1.82) is 0 Å². The third kappa shape index (κ3) is 3.89. The first kappa shape index (κ1) is 21.9. The number of nitrogens with zero attached hydrogens (tertiary/aromatic N) is 1. The lowest BCUT2D eigenvalue weighted by Gasteiger charge is -2.16. The molecular formula is C24H17F3N2O4. The molecule has 6 nitrogen and oxygen atoms in total. The van der Waals surface area contributed by atoms with Crippen LogP contribution in [-0.2, 0) is 9.59 Å². The van der Waals surface area contributed by atoms with E-state index in [4.69, 9.17) is 9.47 Å². The summed E-state index contributed by atoms with van der Waals surface area (Å²) in [6.45, 7) is 0. The fraction of sp³-hybridized carbons (Fsp3) is 0.0833. The van der Waals surface area contributed by atoms with Crippen LogP contribution in [0.25, 0.3) is 5.57 Å². The van der Waals surface area contributed by atoms with Crippen molar-refractivity contribution in [2.45, 2.75) is 0 Å². The largest absolute Gasteiger partial charge is 0.493 e. The van der Waals surface area contributed by atoms with E-state index in [1.807, 2.05) is 0 Å². The van der Waals surface area contributed by atoms with Gasteiger partial charge in [0.1, 0.15) is 11.5 Å². The molecule has 2 amide bonds. The predicted octanol–water partition coefficient (Wildman–Crippen LogP) is 4.52. The summed E-state index contributed by atoms with van der Waals surface area (Å²) in [7, 11) is 2.85. The molecule has 0 spiro atoms. The molecule has 9 heteroatoms. The predicted molar refractivity (Wildman–Crippen MR) is 115 cm³/mol. The van der Waals surface area contributed by atoms with Gasteiger partial charge in [-0.1, -0.05) is 18.2 Å². The van der Waals surface area contributed by atoms with Gasteiger partial charge in [0.05, 0.1) is 25.5 Å². The number of nitrogens with one attached hydrogen (secondary N) is 1. The van der Waals surface area contributed by atoms with Crippen molar-refractivity contribution >= 4 is 28.8 Å². The van der Waals surface area contributed by atoms with Crippen molar-refractivity contribution in [2.24, 2.45) is 0 Å². The molecule has 0 bridgehead atoms. The van der Waals surface area contributed by atoms with Gasteiger partial charge >= 0.3 is 0 Å². The Morgan fingerprint density at radius 3 is 2.15 bits per heavy atom. The van der Waals surface area contributed by atoms with E-state index in [1.54, 1.807) is 6.07 Å². The molecule has 0 saturated heterocycles. The third-order valence-corrected chi connectivity index (χ3v) is 5.04. The van der Waals surface area contributed by atoms with Gasteiger partial charge in [-0.05, 0) is 42.0 Å². The van der Waals surface area contributed by atoms with Crippen LogP contribution in [-0.4, -0.2) is 26.0 Å². The number of anilines is 2. The maximum atomic E-state index is 14.5. The summed E-state index contributed by atoms with van der Waals surface area (Å²) in [4.78, 5) is 27.3. The summed E-state index contributed by atoms with van der Waals surface area (Å²) < 4.78 is 52.1. The number of benzene rings is 3. The highest BCUT2D eigenvalue weighted by Crippen LogP contribution is 2.38. The Hall–Kier alpha value is -4.27. The fourth-order valence-corrected chi connectivity index (χ4v) is 3.48. The van der Waals surface area contributed by atoms with Crippen LogP contribution in [0.4, 0.5) is 24.5 Å². The number of carbonyl (C=O) groups excluding carboxylic acids is 2. The summed E-state index contributed by atoms with van der Waals surface area (Å²) in [5, 5.41) is 2.69. The van der Waals surface area contributed by atoms with Gasteiger partial charge in [0.2, 0.25) is 0 Å². The van der Waals surface area contributed by atoms with Crippen molar-refractivity contribution in [3.8, 4) is 11.5 Å². The molecule has 1 N–H and O–H groups in total. The number of imide groups is 1. The minimum Gasteiger partial charge on any atom is -0.493 e. The summed E-state index contributed by atoms with van der Waals surface area (Å²) in [5.41, 5.74) is -0.281. The van der Waals surface area contributed by atoms with E-state index in [2.05, 4.69) is 5.32 Å². The molecule has 1 aliphatic rings. The Morgan fingerprint density at radius 1 is 0.758 bits per heavy atom. The number of ether oxygens (including phenoxy) is 2. The van der Waals surface area contributed by atoms with Crippen molar-refractivity contribution < 1.29 is 32.2 Å². The fourth-order valence-electron chi connectivity index (χ4n) is 3.48. The van der Waals surface area contributed by atoms with Crippen LogP contribution >= 0.6 is 0 Å². The van der Waals surface area contributed by atoms with Crippen molar-refractivity contribution in [3.63, 3.8) is 0 Å². The number of para-hydroxylation sites is 1. The summed E-state index contributed by atoms with van der Waals surface area (Å²) in [6.07, 6.45) is 0. The second-order valence-electron chi connectivity index (χ2n) is 6.97. The van der Waals surface area contributed by atoms with E-state index >= 15 is 0 Å². The van der Waals surface area contributed by atoms with Gasteiger partial charge in [-0.3, -0.25) is 9.59 Å². The molecule has 1 aliphatic heterocycles. The average molecular weight is 454 g/mol. The molecule has 3 aromatic rings. The molecule has 3 aromatic carbocycles. The molecule has 1 heterocycles. The van der Waals surface area contributed by atoms with Crippen LogP contribution in [0.15, 0.2) is 66.4 Å². The molecule has 168 valence electrons. The summed E-state index contributed by atoms with van der Waals surface area (Å²) in [6, 6.07) is 12.8. The average Bonchev–Trinajstić information content (AvgIpc) is 3.05. The summed E-state index contributed by atoms with van der Waals surface area (Å²) >= 11 is 0. The lowest BCUT2D eigenvalue weighted by Crippen LogP contribution is -2.33. The van der Waals surface area contributed by atoms with Gasteiger partial charge in [0.25, 0.3) is 11.8 Å². The molecular weight excluding hydrogens is 437 g/mol. The molecule has 0 fully saturated rings. The van der Waals surface area contributed by atoms with Crippen molar-refractivity contribution in [1.82, 2.24) is 0 Å². The summed E-state index contributed by atoms with van der Waals surface area (Å²) in [5.74, 6) is -3.98. The molecule has 0 aromatic heterocycles. The highest BCUT2D eigenvalue weighted by Gasteiger charge is 2.41. The molecule has 33 heavy (non-hydrogen) atoms. The van der Waals surface area contributed by atoms with E-state index in [1.165, 1.54) is 50.6 Å². The van der Waals surface area contributed by atoms with Crippen LogP contribution in [0.2, 0.25) is 0 Å². The monoisotopic (exact) mass is 454 g/mol. The molecule has 0 aliphatic carbocycles. The Morgan fingerprint density at radius 2 is 1.48 bits per heavy atom. The highest BCUT2D eigenvalue weighted by atomic mass is 19.2. The van der Waals surface area contributed by atoms with Gasteiger partial charge < -0.3 is 14.8 Å². The maximum Gasteiger partial charge on any atom is 0.282 e. The first-order chi connectivity index (χ1) is 15.8. The van der Waals surface area contributed by atoms with E-state index < -0.39 is 29.3 Å². The van der Waals surface area contributed by atoms with E-state index in [9.17, 15) is 22.8 Å². The Balaban J connectivity index is 1.87. The van der Waals surface area contributed by atoms with Crippen LogP contribution < -0.4 is 19.7 Å². The number of methoxy groups -OCH3 is 2. The SMILES string of the molecule is COc1ccc(C2=C(Nc3ccc(F)c(F)c3)C(=O)N(c3ccccc3F)C2=O)cc1OC. The molecule has 0 radical (unpaired) electrons. The van der Waals surface area contributed by atoms with E-state index in [0.717, 1.165) is 18.2 Å². The maximum absolute atomic E-state index is 14.5. The van der Waals surface area contributed by atoms with Crippen LogP contribution in [0, 0.1) is 17.5 Å². The Labute approximate surface area is 186 Å². The van der Waals surface area contributed by atoms with Crippen molar-refractivity contribution in [2.75, 3.05) is 24.4 Å². The van der Waals surface area contributed by atoms with Gasteiger partial charge in [-0.25, -0.2) is 18.1 Å². The zero-order valence-electron chi connectivity index (χ0n) is 17.5. The zero-order chi connectivity index (χ0) is 23.7. The number of amides is 2. The third-order valence-electron chi connectivity index (χ3n) is 5.04. The minimum atomic E-state index is -1.14. The number of halogens is 3. The first-order valence-electron chi connectivity index (χ1n) is 9.67. The zero-order valence-corrected chi connectivity index (χ0v) is 17.5. The van der Waals surface area contributed by atoms with Gasteiger partial charge in [0, 0.05) is 11.8 Å². The van der Waals surface area contributed by atoms with Gasteiger partial charge in [-0.2, -0.15) is 0 Å². The van der Waals surface area contributed by atoms with Crippen molar-refractivity contribution in [3.05, 3.63) is 89.4 Å². The number of carbonyl (C=O) groups is 2. The molecule has 0 saturated carbocycles. The second-order valence-corrected chi connectivity index (χ2v) is 6.97. The highest BCUT2D eigenvalue weighted by molar-refractivity contribution is 6.46. The van der Waals surface area contributed by atoms with Gasteiger partial charge in [-0.15, -0.1) is 0 Å². The quantitative estimate of drug-likeness (QED) is 0.555. The number of hydrogen-bond acceptors (Lipinski definition) is 5. The number of hydrogen-bond donors (Lipinski definition) is 1. The van der Waals surface area contributed by atoms with Crippen LogP contribution in [0.3, 0.4) is 0 Å². The minimum absolute atomic E-state index is 0.0263. The molecule has 4 rings (SSSR count). The molecule has 0 atom stereocenters. The number of rotatable bonds is 6. The topological polar surface area (TPSA) is 67.9 Å². The Kier molecular flexibility index (Phi) is 5.78. The lowest BCUT2D eigenvalue weighted by molar-refractivity contribution is -0.120. The smallest absolute Gasteiger partial charge is 0.282 e. The van der Waals surface area contributed by atoms with Crippen LogP contribution in [0.5, 0.6) is 11.5 Å². The Bertz CT molecular complexity index is 1310.